The minimum absolute atomic E-state index is 0.0550. The highest BCUT2D eigenvalue weighted by atomic mass is 16.4. The molecule has 7 nitrogen and oxygen atoms in total. The summed E-state index contributed by atoms with van der Waals surface area (Å²) in [4.78, 5) is 35.6. The van der Waals surface area contributed by atoms with Gasteiger partial charge in [0.15, 0.2) is 0 Å². The maximum atomic E-state index is 12.6. The molecule has 2 amide bonds. The molecule has 2 aromatic carbocycles. The SMILES string of the molecule is CC(=O)N[C@H](Cc1ccccc1)C(=O)N[C@H](Cc1ccc(O)cc1)C(=O)O. The molecule has 2 rings (SSSR count). The number of hydrogen-bond donors (Lipinski definition) is 4. The van der Waals surface area contributed by atoms with Crippen LogP contribution in [0.2, 0.25) is 0 Å². The Morgan fingerprint density at radius 3 is 1.96 bits per heavy atom. The fraction of sp³-hybridized carbons (Fsp3) is 0.250. The van der Waals surface area contributed by atoms with Gasteiger partial charge in [0.1, 0.15) is 17.8 Å². The number of aromatic hydroxyl groups is 1. The minimum atomic E-state index is -1.18. The molecule has 0 bridgehead atoms. The van der Waals surface area contributed by atoms with Crippen molar-refractivity contribution < 1.29 is 24.6 Å². The van der Waals surface area contributed by atoms with Gasteiger partial charge in [0.05, 0.1) is 0 Å². The second-order valence-corrected chi connectivity index (χ2v) is 6.21. The largest absolute Gasteiger partial charge is 0.508 e. The average molecular weight is 370 g/mol. The van der Waals surface area contributed by atoms with Gasteiger partial charge in [-0.15, -0.1) is 0 Å². The molecule has 0 spiro atoms. The molecule has 0 heterocycles. The fourth-order valence-corrected chi connectivity index (χ4v) is 2.64. The van der Waals surface area contributed by atoms with E-state index >= 15 is 0 Å². The number of hydrogen-bond acceptors (Lipinski definition) is 4. The van der Waals surface area contributed by atoms with Crippen molar-refractivity contribution in [2.45, 2.75) is 31.8 Å². The summed E-state index contributed by atoms with van der Waals surface area (Å²) < 4.78 is 0. The van der Waals surface area contributed by atoms with Crippen LogP contribution in [0.5, 0.6) is 5.75 Å². The Morgan fingerprint density at radius 1 is 0.852 bits per heavy atom. The number of carbonyl (C=O) groups excluding carboxylic acids is 2. The van der Waals surface area contributed by atoms with Gasteiger partial charge in [0.25, 0.3) is 0 Å². The van der Waals surface area contributed by atoms with Gasteiger partial charge in [-0.1, -0.05) is 42.5 Å². The van der Waals surface area contributed by atoms with Gasteiger partial charge in [-0.25, -0.2) is 4.79 Å². The minimum Gasteiger partial charge on any atom is -0.508 e. The Morgan fingerprint density at radius 2 is 1.41 bits per heavy atom. The van der Waals surface area contributed by atoms with Crippen molar-refractivity contribution in [3.63, 3.8) is 0 Å². The average Bonchev–Trinajstić information content (AvgIpc) is 2.62. The Balaban J connectivity index is 2.10. The molecular formula is C20H22N2O5. The van der Waals surface area contributed by atoms with Crippen LogP contribution in [0.25, 0.3) is 0 Å². The number of phenolic OH excluding ortho intramolecular Hbond substituents is 1. The van der Waals surface area contributed by atoms with Crippen molar-refractivity contribution in [3.8, 4) is 5.75 Å². The van der Waals surface area contributed by atoms with Crippen LogP contribution < -0.4 is 10.6 Å². The number of phenols is 1. The number of carboxylic acid groups (broad SMARTS) is 1. The number of carbonyl (C=O) groups is 3. The number of amides is 2. The maximum Gasteiger partial charge on any atom is 0.326 e. The van der Waals surface area contributed by atoms with E-state index in [-0.39, 0.29) is 24.5 Å². The molecule has 2 atom stereocenters. The zero-order chi connectivity index (χ0) is 19.8. The standard InChI is InChI=1S/C20H22N2O5/c1-13(23)21-17(11-14-5-3-2-4-6-14)19(25)22-18(20(26)27)12-15-7-9-16(24)10-8-15/h2-10,17-18,24H,11-12H2,1H3,(H,21,23)(H,22,25)(H,26,27)/t17-,18-/m1/s1. The van der Waals surface area contributed by atoms with Gasteiger partial charge in [0, 0.05) is 19.8 Å². The summed E-state index contributed by atoms with van der Waals surface area (Å²) in [7, 11) is 0. The number of benzene rings is 2. The Labute approximate surface area is 157 Å². The molecule has 0 aliphatic rings. The molecule has 0 saturated carbocycles. The van der Waals surface area contributed by atoms with Crippen LogP contribution in [-0.4, -0.2) is 40.1 Å². The molecule has 0 saturated heterocycles. The Kier molecular flexibility index (Phi) is 6.93. The summed E-state index contributed by atoms with van der Waals surface area (Å²) in [5.41, 5.74) is 1.50. The van der Waals surface area contributed by atoms with Crippen molar-refractivity contribution in [2.24, 2.45) is 0 Å². The van der Waals surface area contributed by atoms with Crippen LogP contribution in [0, 0.1) is 0 Å². The highest BCUT2D eigenvalue weighted by Crippen LogP contribution is 2.12. The number of aliphatic carboxylic acids is 1. The summed E-state index contributed by atoms with van der Waals surface area (Å²) in [6.45, 7) is 1.30. The molecular weight excluding hydrogens is 348 g/mol. The fourth-order valence-electron chi connectivity index (χ4n) is 2.64. The molecule has 2 aromatic rings. The normalized spacial score (nSPS) is 12.6. The van der Waals surface area contributed by atoms with Gasteiger partial charge >= 0.3 is 5.97 Å². The van der Waals surface area contributed by atoms with E-state index in [0.717, 1.165) is 5.56 Å². The van der Waals surface area contributed by atoms with Gasteiger partial charge in [0.2, 0.25) is 11.8 Å². The highest BCUT2D eigenvalue weighted by molar-refractivity contribution is 5.90. The van der Waals surface area contributed by atoms with Crippen LogP contribution in [-0.2, 0) is 27.2 Å². The smallest absolute Gasteiger partial charge is 0.326 e. The number of nitrogens with one attached hydrogen (secondary N) is 2. The highest BCUT2D eigenvalue weighted by Gasteiger charge is 2.26. The van der Waals surface area contributed by atoms with Crippen LogP contribution in [0.15, 0.2) is 54.6 Å². The predicted octanol–water partition coefficient (Wildman–Crippen LogP) is 1.25. The van der Waals surface area contributed by atoms with Crippen molar-refractivity contribution in [1.82, 2.24) is 10.6 Å². The van der Waals surface area contributed by atoms with Gasteiger partial charge < -0.3 is 20.8 Å². The molecule has 0 fully saturated rings. The molecule has 7 heteroatoms. The Hall–Kier alpha value is -3.35. The lowest BCUT2D eigenvalue weighted by molar-refractivity contribution is -0.142. The number of carboxylic acids is 1. The van der Waals surface area contributed by atoms with Crippen molar-refractivity contribution in [2.75, 3.05) is 0 Å². The first-order chi connectivity index (χ1) is 12.8. The maximum absolute atomic E-state index is 12.6. The van der Waals surface area contributed by atoms with E-state index in [1.165, 1.54) is 19.1 Å². The summed E-state index contributed by atoms with van der Waals surface area (Å²) in [6.07, 6.45) is 0.303. The summed E-state index contributed by atoms with van der Waals surface area (Å²) in [5, 5.41) is 23.8. The summed E-state index contributed by atoms with van der Waals surface area (Å²) in [6, 6.07) is 13.2. The molecule has 0 unspecified atom stereocenters. The molecule has 0 aliphatic heterocycles. The zero-order valence-corrected chi connectivity index (χ0v) is 14.9. The lowest BCUT2D eigenvalue weighted by atomic mass is 10.0. The first-order valence-electron chi connectivity index (χ1n) is 8.47. The van der Waals surface area contributed by atoms with Crippen LogP contribution in [0.4, 0.5) is 0 Å². The van der Waals surface area contributed by atoms with E-state index in [9.17, 15) is 24.6 Å². The first kappa shape index (κ1) is 20.0. The van der Waals surface area contributed by atoms with Crippen LogP contribution in [0.1, 0.15) is 18.1 Å². The lowest BCUT2D eigenvalue weighted by Crippen LogP contribution is -2.52. The predicted molar refractivity (Wildman–Crippen MR) is 99.1 cm³/mol. The molecule has 0 aliphatic carbocycles. The monoisotopic (exact) mass is 370 g/mol. The molecule has 0 radical (unpaired) electrons. The van der Waals surface area contributed by atoms with Crippen LogP contribution in [0.3, 0.4) is 0 Å². The second-order valence-electron chi connectivity index (χ2n) is 6.21. The van der Waals surface area contributed by atoms with E-state index in [1.807, 2.05) is 30.3 Å². The second kappa shape index (κ2) is 9.38. The van der Waals surface area contributed by atoms with E-state index < -0.39 is 24.0 Å². The lowest BCUT2D eigenvalue weighted by Gasteiger charge is -2.21. The van der Waals surface area contributed by atoms with E-state index in [4.69, 9.17) is 0 Å². The zero-order valence-electron chi connectivity index (χ0n) is 14.9. The summed E-state index contributed by atoms with van der Waals surface area (Å²) >= 11 is 0. The molecule has 0 aromatic heterocycles. The van der Waals surface area contributed by atoms with Gasteiger partial charge in [-0.05, 0) is 23.3 Å². The third-order valence-electron chi connectivity index (χ3n) is 3.97. The third-order valence-corrected chi connectivity index (χ3v) is 3.97. The Bertz CT molecular complexity index is 790. The number of rotatable bonds is 8. The molecule has 4 N–H and O–H groups in total. The van der Waals surface area contributed by atoms with Crippen molar-refractivity contribution >= 4 is 17.8 Å². The van der Waals surface area contributed by atoms with E-state index in [2.05, 4.69) is 10.6 Å². The molecule has 27 heavy (non-hydrogen) atoms. The molecule has 142 valence electrons. The van der Waals surface area contributed by atoms with E-state index in [1.54, 1.807) is 12.1 Å². The van der Waals surface area contributed by atoms with E-state index in [0.29, 0.717) is 5.56 Å². The van der Waals surface area contributed by atoms with Crippen LogP contribution >= 0.6 is 0 Å². The topological polar surface area (TPSA) is 116 Å². The van der Waals surface area contributed by atoms with Gasteiger partial charge in [-0.2, -0.15) is 0 Å². The van der Waals surface area contributed by atoms with Gasteiger partial charge in [-0.3, -0.25) is 9.59 Å². The first-order valence-corrected chi connectivity index (χ1v) is 8.47. The van der Waals surface area contributed by atoms with Crippen molar-refractivity contribution in [3.05, 3.63) is 65.7 Å². The third kappa shape index (κ3) is 6.47. The van der Waals surface area contributed by atoms with Crippen molar-refractivity contribution in [1.29, 1.82) is 0 Å². The quantitative estimate of drug-likeness (QED) is 0.558. The summed E-state index contributed by atoms with van der Waals surface area (Å²) in [5.74, 6) is -2.06.